The van der Waals surface area contributed by atoms with E-state index in [9.17, 15) is 9.59 Å². The Morgan fingerprint density at radius 3 is 2.26 bits per heavy atom. The van der Waals surface area contributed by atoms with Crippen LogP contribution in [0.1, 0.15) is 50.7 Å². The van der Waals surface area contributed by atoms with Crippen LogP contribution in [0.15, 0.2) is 18.2 Å². The van der Waals surface area contributed by atoms with Crippen molar-refractivity contribution in [2.45, 2.75) is 47.3 Å². The number of aryl methyl sites for hydroxylation is 4. The molecule has 0 saturated heterocycles. The number of benzene rings is 2. The van der Waals surface area contributed by atoms with Crippen LogP contribution in [0, 0.1) is 34.6 Å². The molecule has 0 bridgehead atoms. The molecular weight excluding hydrogens is 378 g/mol. The van der Waals surface area contributed by atoms with E-state index in [1.54, 1.807) is 6.92 Å². The molecule has 5 heteroatoms. The summed E-state index contributed by atoms with van der Waals surface area (Å²) in [4.78, 5) is 24.3. The van der Waals surface area contributed by atoms with Gasteiger partial charge in [-0.15, -0.1) is 11.8 Å². The fourth-order valence-corrected chi connectivity index (χ4v) is 4.86. The number of ketones is 1. The summed E-state index contributed by atoms with van der Waals surface area (Å²) in [7, 11) is 0. The van der Waals surface area contributed by atoms with Crippen molar-refractivity contribution in [3.8, 4) is 0 Å². The summed E-state index contributed by atoms with van der Waals surface area (Å²) in [6.07, 6.45) is 0. The van der Waals surface area contributed by atoms with Gasteiger partial charge in [0.25, 0.3) is 0 Å². The molecule has 0 unspecified atom stereocenters. The van der Waals surface area contributed by atoms with Crippen molar-refractivity contribution in [1.29, 1.82) is 0 Å². The van der Waals surface area contributed by atoms with Crippen molar-refractivity contribution in [3.63, 3.8) is 0 Å². The minimum atomic E-state index is -0.0805. The zero-order valence-electron chi connectivity index (χ0n) is 16.7. The van der Waals surface area contributed by atoms with Crippen molar-refractivity contribution < 1.29 is 9.59 Å². The van der Waals surface area contributed by atoms with Gasteiger partial charge in [-0.2, -0.15) is 0 Å². The average molecular weight is 404 g/mol. The van der Waals surface area contributed by atoms with Gasteiger partial charge in [0.05, 0.1) is 16.5 Å². The zero-order chi connectivity index (χ0) is 20.3. The maximum Gasteiger partial charge on any atom is 0.234 e. The molecule has 0 fully saturated rings. The lowest BCUT2D eigenvalue weighted by Gasteiger charge is -2.16. The Labute approximate surface area is 170 Å². The van der Waals surface area contributed by atoms with Crippen molar-refractivity contribution in [2.75, 3.05) is 11.1 Å². The summed E-state index contributed by atoms with van der Waals surface area (Å²) in [5.74, 6) is 1.01. The van der Waals surface area contributed by atoms with E-state index in [0.29, 0.717) is 22.2 Å². The molecule has 2 aromatic carbocycles. The van der Waals surface area contributed by atoms with Crippen LogP contribution in [0.3, 0.4) is 0 Å². The first-order valence-corrected chi connectivity index (χ1v) is 10.4. The van der Waals surface area contributed by atoms with Crippen molar-refractivity contribution in [1.82, 2.24) is 0 Å². The summed E-state index contributed by atoms with van der Waals surface area (Å²) < 4.78 is 0. The van der Waals surface area contributed by atoms with Gasteiger partial charge in [0, 0.05) is 11.3 Å². The lowest BCUT2D eigenvalue weighted by molar-refractivity contribution is -0.113. The number of amides is 1. The van der Waals surface area contributed by atoms with Crippen LogP contribution in [-0.4, -0.2) is 17.4 Å². The maximum atomic E-state index is 12.3. The molecule has 0 atom stereocenters. The number of hydrogen-bond acceptors (Lipinski definition) is 3. The SMILES string of the molecule is CC(=O)c1c(C)cc(C)c(CSCC(=O)Nc2c(C)cc(C)cc2Cl)c1C. The van der Waals surface area contributed by atoms with Crippen LogP contribution in [0.25, 0.3) is 0 Å². The molecular formula is C22H26ClNO2S. The van der Waals surface area contributed by atoms with E-state index in [-0.39, 0.29) is 11.7 Å². The first kappa shape index (κ1) is 21.5. The Hall–Kier alpha value is -1.78. The molecule has 1 amide bonds. The van der Waals surface area contributed by atoms with Gasteiger partial charge in [-0.3, -0.25) is 9.59 Å². The number of carbonyl (C=O) groups excluding carboxylic acids is 2. The van der Waals surface area contributed by atoms with Crippen LogP contribution in [-0.2, 0) is 10.5 Å². The maximum absolute atomic E-state index is 12.3. The third kappa shape index (κ3) is 5.14. The molecule has 27 heavy (non-hydrogen) atoms. The molecule has 2 rings (SSSR count). The van der Waals surface area contributed by atoms with Gasteiger partial charge in [-0.25, -0.2) is 0 Å². The largest absolute Gasteiger partial charge is 0.324 e. The molecule has 1 N–H and O–H groups in total. The van der Waals surface area contributed by atoms with Gasteiger partial charge >= 0.3 is 0 Å². The number of Topliss-reactive ketones (excluding diaryl/α,β-unsaturated/α-hetero) is 1. The summed E-state index contributed by atoms with van der Waals surface area (Å²) in [5, 5.41) is 3.47. The predicted octanol–water partition coefficient (Wildman–Crippen LogP) is 5.96. The Balaban J connectivity index is 2.06. The second-order valence-electron chi connectivity index (χ2n) is 7.02. The van der Waals surface area contributed by atoms with E-state index in [4.69, 9.17) is 11.6 Å². The molecule has 0 spiro atoms. The second kappa shape index (κ2) is 8.94. The fraction of sp³-hybridized carbons (Fsp3) is 0.364. The van der Waals surface area contributed by atoms with Gasteiger partial charge in [0.15, 0.2) is 5.78 Å². The highest BCUT2D eigenvalue weighted by molar-refractivity contribution is 7.99. The molecule has 144 valence electrons. The Bertz CT molecular complexity index is 883. The van der Waals surface area contributed by atoms with Crippen LogP contribution >= 0.6 is 23.4 Å². The molecule has 3 nitrogen and oxygen atoms in total. The normalized spacial score (nSPS) is 10.8. The molecule has 0 aliphatic heterocycles. The summed E-state index contributed by atoms with van der Waals surface area (Å²) >= 11 is 7.80. The van der Waals surface area contributed by atoms with Gasteiger partial charge in [-0.1, -0.05) is 23.7 Å². The minimum absolute atomic E-state index is 0.0805. The van der Waals surface area contributed by atoms with E-state index < -0.39 is 0 Å². The molecule has 2 aromatic rings. The molecule has 0 aliphatic rings. The molecule has 0 saturated carbocycles. The summed E-state index contributed by atoms with van der Waals surface area (Å²) in [6, 6.07) is 5.89. The Morgan fingerprint density at radius 1 is 1.00 bits per heavy atom. The minimum Gasteiger partial charge on any atom is -0.324 e. The highest BCUT2D eigenvalue weighted by Gasteiger charge is 2.15. The second-order valence-corrected chi connectivity index (χ2v) is 8.42. The van der Waals surface area contributed by atoms with Crippen molar-refractivity contribution >= 4 is 40.7 Å². The molecule has 0 aromatic heterocycles. The number of carbonyl (C=O) groups is 2. The topological polar surface area (TPSA) is 46.2 Å². The monoisotopic (exact) mass is 403 g/mol. The zero-order valence-corrected chi connectivity index (χ0v) is 18.3. The number of rotatable bonds is 6. The lowest BCUT2D eigenvalue weighted by Crippen LogP contribution is -2.15. The molecule has 0 heterocycles. The van der Waals surface area contributed by atoms with E-state index in [1.807, 2.05) is 39.8 Å². The number of anilines is 1. The average Bonchev–Trinajstić information content (AvgIpc) is 2.53. The van der Waals surface area contributed by atoms with Crippen molar-refractivity contribution in [3.05, 3.63) is 62.2 Å². The van der Waals surface area contributed by atoms with Crippen LogP contribution in [0.2, 0.25) is 5.02 Å². The predicted molar refractivity (Wildman–Crippen MR) is 116 cm³/mol. The number of hydrogen-bond donors (Lipinski definition) is 1. The van der Waals surface area contributed by atoms with Gasteiger partial charge in [0.1, 0.15) is 0 Å². The van der Waals surface area contributed by atoms with E-state index >= 15 is 0 Å². The first-order chi connectivity index (χ1) is 12.6. The number of thioether (sulfide) groups is 1. The summed E-state index contributed by atoms with van der Waals surface area (Å²) in [5.41, 5.74) is 7.80. The number of halogens is 1. The first-order valence-electron chi connectivity index (χ1n) is 8.86. The number of nitrogens with one attached hydrogen (secondary N) is 1. The Kier molecular flexibility index (Phi) is 7.12. The highest BCUT2D eigenvalue weighted by Crippen LogP contribution is 2.29. The molecule has 0 aliphatic carbocycles. The van der Waals surface area contributed by atoms with E-state index in [0.717, 1.165) is 38.9 Å². The third-order valence-electron chi connectivity index (χ3n) is 4.66. The van der Waals surface area contributed by atoms with Crippen LogP contribution < -0.4 is 5.32 Å². The molecule has 0 radical (unpaired) electrons. The Morgan fingerprint density at radius 2 is 1.67 bits per heavy atom. The van der Waals surface area contributed by atoms with Crippen LogP contribution in [0.4, 0.5) is 5.69 Å². The van der Waals surface area contributed by atoms with Gasteiger partial charge in [0.2, 0.25) is 5.91 Å². The quantitative estimate of drug-likeness (QED) is 0.605. The van der Waals surface area contributed by atoms with E-state index in [2.05, 4.69) is 18.3 Å². The smallest absolute Gasteiger partial charge is 0.234 e. The third-order valence-corrected chi connectivity index (χ3v) is 5.92. The highest BCUT2D eigenvalue weighted by atomic mass is 35.5. The summed E-state index contributed by atoms with van der Waals surface area (Å²) in [6.45, 7) is 11.5. The van der Waals surface area contributed by atoms with Gasteiger partial charge in [-0.05, 0) is 81.0 Å². The van der Waals surface area contributed by atoms with Crippen molar-refractivity contribution in [2.24, 2.45) is 0 Å². The van der Waals surface area contributed by atoms with E-state index in [1.165, 1.54) is 11.8 Å². The lowest BCUT2D eigenvalue weighted by atomic mass is 9.92. The fourth-order valence-electron chi connectivity index (χ4n) is 3.49. The standard InChI is InChI=1S/C22H26ClNO2S/c1-12-7-15(4)22(19(23)8-12)24-20(26)11-27-10-18-13(2)9-14(3)21(16(18)5)17(6)25/h7-9H,10-11H2,1-6H3,(H,24,26). The van der Waals surface area contributed by atoms with Gasteiger partial charge < -0.3 is 5.32 Å². The van der Waals surface area contributed by atoms with Crippen LogP contribution in [0.5, 0.6) is 0 Å².